The normalized spacial score (nSPS) is 13.8. The number of alkyl halides is 1. The maximum atomic E-state index is 11.2. The van der Waals surface area contributed by atoms with Crippen LogP contribution in [0, 0.1) is 10.1 Å². The molecule has 2 unspecified atom stereocenters. The van der Waals surface area contributed by atoms with Gasteiger partial charge in [-0.2, -0.15) is 0 Å². The monoisotopic (exact) mass is 302 g/mol. The van der Waals surface area contributed by atoms with Crippen LogP contribution in [-0.4, -0.2) is 27.1 Å². The van der Waals surface area contributed by atoms with Gasteiger partial charge in [0, 0.05) is 10.6 Å². The fourth-order valence-electron chi connectivity index (χ4n) is 1.41. The second-order valence-electron chi connectivity index (χ2n) is 3.39. The highest BCUT2D eigenvalue weighted by molar-refractivity contribution is 9.09. The van der Waals surface area contributed by atoms with Crippen LogP contribution in [0.5, 0.6) is 0 Å². The van der Waals surface area contributed by atoms with Gasteiger partial charge in [-0.05, 0) is 35.0 Å². The summed E-state index contributed by atoms with van der Waals surface area (Å²) in [7, 11) is 0. The number of carboxylic acid groups (broad SMARTS) is 1. The molecule has 17 heavy (non-hydrogen) atoms. The van der Waals surface area contributed by atoms with Gasteiger partial charge in [-0.15, -0.1) is 0 Å². The molecule has 0 fully saturated rings. The van der Waals surface area contributed by atoms with E-state index in [1.165, 1.54) is 6.92 Å². The number of nitro groups is 1. The number of hydrogen-bond acceptors (Lipinski definition) is 3. The third-order valence-electron chi connectivity index (χ3n) is 2.25. The Morgan fingerprint density at radius 2 is 2.00 bits per heavy atom. The molecule has 1 N–H and O–H groups in total. The maximum absolute atomic E-state index is 11.2. The Bertz CT molecular complexity index is 412. The Kier molecular flexibility index (Phi) is 4.45. The second kappa shape index (κ2) is 5.62. The molecule has 92 valence electrons. The van der Waals surface area contributed by atoms with Crippen LogP contribution in [0.3, 0.4) is 0 Å². The molecule has 0 heterocycles. The molecule has 0 spiro atoms. The third kappa shape index (κ3) is 3.16. The molecular formula is C10H11BrN2O4. The van der Waals surface area contributed by atoms with Crippen molar-refractivity contribution in [2.24, 2.45) is 0 Å². The van der Waals surface area contributed by atoms with Crippen molar-refractivity contribution >= 4 is 27.7 Å². The summed E-state index contributed by atoms with van der Waals surface area (Å²) in [6, 6.07) is 7.45. The molecule has 6 nitrogen and oxygen atoms in total. The number of para-hydroxylation sites is 1. The Morgan fingerprint density at radius 1 is 1.47 bits per heavy atom. The Labute approximate surface area is 106 Å². The number of nitrogens with zero attached hydrogens (tertiary/aromatic N) is 2. The van der Waals surface area contributed by atoms with Crippen molar-refractivity contribution in [3.05, 3.63) is 40.4 Å². The van der Waals surface area contributed by atoms with Crippen LogP contribution < -0.4 is 4.90 Å². The molecule has 7 heteroatoms. The first-order valence-electron chi connectivity index (χ1n) is 4.80. The van der Waals surface area contributed by atoms with E-state index in [4.69, 9.17) is 5.11 Å². The van der Waals surface area contributed by atoms with E-state index in [1.54, 1.807) is 30.3 Å². The van der Waals surface area contributed by atoms with Crippen LogP contribution in [0.1, 0.15) is 6.92 Å². The van der Waals surface area contributed by atoms with E-state index in [2.05, 4.69) is 15.9 Å². The van der Waals surface area contributed by atoms with Crippen LogP contribution in [-0.2, 0) is 0 Å². The van der Waals surface area contributed by atoms with Gasteiger partial charge in [0.15, 0.2) is 0 Å². The van der Waals surface area contributed by atoms with Gasteiger partial charge in [0.05, 0.1) is 0 Å². The van der Waals surface area contributed by atoms with Crippen LogP contribution in [0.25, 0.3) is 0 Å². The van der Waals surface area contributed by atoms with E-state index in [0.717, 1.165) is 4.90 Å². The number of hydrogen-bond donors (Lipinski definition) is 1. The second-order valence-corrected chi connectivity index (χ2v) is 4.32. The van der Waals surface area contributed by atoms with Gasteiger partial charge in [0.2, 0.25) is 0 Å². The van der Waals surface area contributed by atoms with Gasteiger partial charge in [-0.3, -0.25) is 15.0 Å². The molecule has 1 aromatic rings. The van der Waals surface area contributed by atoms with Crippen LogP contribution in [0.4, 0.5) is 10.5 Å². The Balaban J connectivity index is 3.03. The molecule has 0 aliphatic carbocycles. The van der Waals surface area contributed by atoms with E-state index < -0.39 is 22.0 Å². The summed E-state index contributed by atoms with van der Waals surface area (Å²) in [5.41, 5.74) is 0.402. The zero-order chi connectivity index (χ0) is 13.0. The highest BCUT2D eigenvalue weighted by Crippen LogP contribution is 2.21. The van der Waals surface area contributed by atoms with E-state index in [-0.39, 0.29) is 0 Å². The van der Waals surface area contributed by atoms with E-state index >= 15 is 0 Å². The number of rotatable bonds is 4. The lowest BCUT2D eigenvalue weighted by molar-refractivity contribution is -0.494. The van der Waals surface area contributed by atoms with Gasteiger partial charge in [-0.25, -0.2) is 4.79 Å². The topological polar surface area (TPSA) is 83.7 Å². The Hall–Kier alpha value is -1.63. The van der Waals surface area contributed by atoms with Gasteiger partial charge >= 0.3 is 6.09 Å². The predicted octanol–water partition coefficient (Wildman–Crippen LogP) is 2.56. The van der Waals surface area contributed by atoms with Gasteiger partial charge in [-0.1, -0.05) is 18.2 Å². The number of benzene rings is 1. The number of carbonyl (C=O) groups is 1. The number of amides is 1. The van der Waals surface area contributed by atoms with Crippen molar-refractivity contribution in [2.75, 3.05) is 4.90 Å². The quantitative estimate of drug-likeness (QED) is 0.401. The molecule has 0 aliphatic heterocycles. The van der Waals surface area contributed by atoms with Crippen LogP contribution in [0.2, 0.25) is 0 Å². The van der Waals surface area contributed by atoms with E-state index in [9.17, 15) is 14.9 Å². The zero-order valence-corrected chi connectivity index (χ0v) is 10.6. The highest BCUT2D eigenvalue weighted by Gasteiger charge is 2.33. The summed E-state index contributed by atoms with van der Waals surface area (Å²) < 4.78 is 0. The van der Waals surface area contributed by atoms with Crippen molar-refractivity contribution in [1.29, 1.82) is 0 Å². The molecular weight excluding hydrogens is 292 g/mol. The molecule has 0 saturated carbocycles. The molecule has 1 aromatic carbocycles. The number of halogens is 1. The molecule has 1 rings (SSSR count). The minimum absolute atomic E-state index is 0.402. The summed E-state index contributed by atoms with van der Waals surface area (Å²) in [5, 5.41) is 19.7. The number of anilines is 1. The van der Waals surface area contributed by atoms with Crippen molar-refractivity contribution in [3.63, 3.8) is 0 Å². The summed E-state index contributed by atoms with van der Waals surface area (Å²) in [4.78, 5) is 21.0. The molecule has 0 radical (unpaired) electrons. The van der Waals surface area contributed by atoms with Gasteiger partial charge < -0.3 is 5.11 Å². The average molecular weight is 303 g/mol. The van der Waals surface area contributed by atoms with Crippen molar-refractivity contribution < 1.29 is 14.8 Å². The zero-order valence-electron chi connectivity index (χ0n) is 8.99. The molecule has 0 bridgehead atoms. The minimum Gasteiger partial charge on any atom is -0.465 e. The molecule has 0 aliphatic rings. The molecule has 0 saturated heterocycles. The predicted molar refractivity (Wildman–Crippen MR) is 66.1 cm³/mol. The third-order valence-corrected chi connectivity index (χ3v) is 3.35. The van der Waals surface area contributed by atoms with E-state index in [0.29, 0.717) is 5.69 Å². The lowest BCUT2D eigenvalue weighted by Gasteiger charge is -2.25. The minimum atomic E-state index is -1.23. The largest absolute Gasteiger partial charge is 0.465 e. The fourth-order valence-corrected chi connectivity index (χ4v) is 1.64. The lowest BCUT2D eigenvalue weighted by Crippen LogP contribution is -2.45. The van der Waals surface area contributed by atoms with Gasteiger partial charge in [0.25, 0.3) is 4.95 Å². The molecule has 0 aromatic heterocycles. The van der Waals surface area contributed by atoms with Gasteiger partial charge in [0.1, 0.15) is 6.04 Å². The summed E-state index contributed by atoms with van der Waals surface area (Å²) in [6.45, 7) is 1.48. The molecule has 2 atom stereocenters. The lowest BCUT2D eigenvalue weighted by atomic mass is 10.2. The first-order chi connectivity index (χ1) is 7.95. The SMILES string of the molecule is CC(C(Br)[N+](=O)[O-])N(C(=O)O)c1ccccc1. The van der Waals surface area contributed by atoms with Crippen molar-refractivity contribution in [2.45, 2.75) is 17.9 Å². The maximum Gasteiger partial charge on any atom is 0.412 e. The average Bonchev–Trinajstić information content (AvgIpc) is 2.28. The van der Waals surface area contributed by atoms with E-state index in [1.807, 2.05) is 0 Å². The van der Waals surface area contributed by atoms with Crippen LogP contribution >= 0.6 is 15.9 Å². The molecule has 1 amide bonds. The summed E-state index contributed by atoms with van der Waals surface area (Å²) >= 11 is 2.87. The first-order valence-corrected chi connectivity index (χ1v) is 5.71. The Morgan fingerprint density at radius 3 is 2.41 bits per heavy atom. The van der Waals surface area contributed by atoms with Crippen LogP contribution in [0.15, 0.2) is 30.3 Å². The smallest absolute Gasteiger partial charge is 0.412 e. The van der Waals surface area contributed by atoms with Crippen molar-refractivity contribution in [3.8, 4) is 0 Å². The van der Waals surface area contributed by atoms with Crippen molar-refractivity contribution in [1.82, 2.24) is 0 Å². The fraction of sp³-hybridized carbons (Fsp3) is 0.300. The standard InChI is InChI=1S/C10H11BrN2O4/c1-7(9(11)13(16)17)12(10(14)15)8-5-3-2-4-6-8/h2-7,9H,1H3,(H,14,15). The summed E-state index contributed by atoms with van der Waals surface area (Å²) in [5.74, 6) is 0. The first kappa shape index (κ1) is 13.4. The highest BCUT2D eigenvalue weighted by atomic mass is 79.9. The summed E-state index contributed by atoms with van der Waals surface area (Å²) in [6.07, 6.45) is -1.23.